The second kappa shape index (κ2) is 8.49. The molecular formula is C19H16F3N4O4-. The van der Waals surface area contributed by atoms with Crippen molar-refractivity contribution >= 4 is 28.5 Å². The minimum atomic E-state index is -4.68. The number of carbonyl (C=O) groups excluding carboxylic acids is 2. The lowest BCUT2D eigenvalue weighted by Gasteiger charge is -2.09. The van der Waals surface area contributed by atoms with Crippen molar-refractivity contribution in [2.75, 3.05) is 19.0 Å². The number of methoxy groups -OCH3 is 1. The molecule has 30 heavy (non-hydrogen) atoms. The van der Waals surface area contributed by atoms with Gasteiger partial charge in [0.05, 0.1) is 17.2 Å². The molecule has 0 aliphatic rings. The first-order valence-electron chi connectivity index (χ1n) is 8.77. The Morgan fingerprint density at radius 3 is 2.67 bits per heavy atom. The number of fused-ring (bicyclic) bond motifs is 1. The van der Waals surface area contributed by atoms with Crippen molar-refractivity contribution < 1.29 is 32.6 Å². The molecule has 1 aromatic carbocycles. The van der Waals surface area contributed by atoms with Gasteiger partial charge < -0.3 is 20.0 Å². The zero-order chi connectivity index (χ0) is 21.9. The Kier molecular flexibility index (Phi) is 6.01. The maximum absolute atomic E-state index is 12.8. The number of carboxylic acid groups (broad SMARTS) is 1. The second-order valence-corrected chi connectivity index (χ2v) is 6.30. The number of rotatable bonds is 7. The van der Waals surface area contributed by atoms with Crippen LogP contribution < -0.4 is 10.4 Å². The molecule has 0 saturated carbocycles. The lowest BCUT2D eigenvalue weighted by molar-refractivity contribution is -0.255. The lowest BCUT2D eigenvalue weighted by atomic mass is 10.1. The fourth-order valence-electron chi connectivity index (χ4n) is 2.86. The second-order valence-electron chi connectivity index (χ2n) is 6.30. The summed E-state index contributed by atoms with van der Waals surface area (Å²) in [6, 6.07) is 7.29. The van der Waals surface area contributed by atoms with Gasteiger partial charge in [-0.2, -0.15) is 18.3 Å². The van der Waals surface area contributed by atoms with E-state index in [1.165, 1.54) is 30.0 Å². The number of hydrogen-bond acceptors (Lipinski definition) is 6. The van der Waals surface area contributed by atoms with E-state index in [0.29, 0.717) is 18.5 Å². The number of hydrogen-bond donors (Lipinski definition) is 1. The lowest BCUT2D eigenvalue weighted by Crippen LogP contribution is -2.26. The number of aromatic nitrogens is 3. The topological polar surface area (TPSA) is 109 Å². The van der Waals surface area contributed by atoms with Gasteiger partial charge in [0.25, 0.3) is 5.91 Å². The number of aryl methyl sites for hydroxylation is 1. The van der Waals surface area contributed by atoms with Crippen LogP contribution in [-0.4, -0.2) is 40.4 Å². The molecule has 1 amide bonds. The number of alkyl halides is 3. The molecule has 0 radical (unpaired) electrons. The Bertz CT molecular complexity index is 1100. The third-order valence-corrected chi connectivity index (χ3v) is 4.18. The van der Waals surface area contributed by atoms with Gasteiger partial charge in [0.1, 0.15) is 11.4 Å². The molecule has 0 atom stereocenters. The Hall–Kier alpha value is -3.47. The average Bonchev–Trinajstić information content (AvgIpc) is 3.05. The number of benzene rings is 1. The van der Waals surface area contributed by atoms with Gasteiger partial charge in [0, 0.05) is 31.3 Å². The zero-order valence-corrected chi connectivity index (χ0v) is 15.7. The Morgan fingerprint density at radius 1 is 1.23 bits per heavy atom. The standard InChI is InChI=1S/C19H17F3N4O4/c1-30-9-3-8-26-16(18(28)29)12-10-11(6-7-13(12)25-26)23-17(27)14-4-2-5-15(24-14)19(20,21)22/h2,4-7,10H,3,8-9H2,1H3,(H,23,27)(H,28,29)/p-1. The molecular weight excluding hydrogens is 405 g/mol. The SMILES string of the molecule is COCCCn1nc2ccc(NC(=O)c3cccc(C(F)(F)F)n3)cc2c1C(=O)[O-]. The first-order chi connectivity index (χ1) is 14.2. The largest absolute Gasteiger partial charge is 0.543 e. The van der Waals surface area contributed by atoms with Crippen molar-refractivity contribution in [3.8, 4) is 0 Å². The number of anilines is 1. The predicted molar refractivity (Wildman–Crippen MR) is 97.7 cm³/mol. The number of aromatic carboxylic acids is 1. The third kappa shape index (κ3) is 4.57. The van der Waals surface area contributed by atoms with Crippen LogP contribution in [0.25, 0.3) is 10.9 Å². The van der Waals surface area contributed by atoms with Crippen molar-refractivity contribution in [2.45, 2.75) is 19.1 Å². The first-order valence-corrected chi connectivity index (χ1v) is 8.77. The Morgan fingerprint density at radius 2 is 2.00 bits per heavy atom. The van der Waals surface area contributed by atoms with E-state index < -0.39 is 29.4 Å². The van der Waals surface area contributed by atoms with E-state index in [-0.39, 0.29) is 23.3 Å². The molecule has 0 saturated heterocycles. The third-order valence-electron chi connectivity index (χ3n) is 4.18. The van der Waals surface area contributed by atoms with Gasteiger partial charge in [0.2, 0.25) is 0 Å². The molecule has 0 fully saturated rings. The highest BCUT2D eigenvalue weighted by Crippen LogP contribution is 2.28. The molecule has 158 valence electrons. The van der Waals surface area contributed by atoms with E-state index in [1.54, 1.807) is 0 Å². The van der Waals surface area contributed by atoms with Crippen molar-refractivity contribution in [3.63, 3.8) is 0 Å². The van der Waals surface area contributed by atoms with Gasteiger partial charge in [-0.25, -0.2) is 4.98 Å². The van der Waals surface area contributed by atoms with E-state index in [9.17, 15) is 27.9 Å². The highest BCUT2D eigenvalue weighted by Gasteiger charge is 2.33. The predicted octanol–water partition coefficient (Wildman–Crippen LogP) is 2.10. The van der Waals surface area contributed by atoms with Crippen LogP contribution in [0.5, 0.6) is 0 Å². The Balaban J connectivity index is 1.89. The van der Waals surface area contributed by atoms with Crippen molar-refractivity contribution in [3.05, 3.63) is 53.5 Å². The van der Waals surface area contributed by atoms with Crippen molar-refractivity contribution in [1.82, 2.24) is 14.8 Å². The zero-order valence-electron chi connectivity index (χ0n) is 15.7. The van der Waals surface area contributed by atoms with Gasteiger partial charge in [-0.3, -0.25) is 9.48 Å². The number of nitrogens with one attached hydrogen (secondary N) is 1. The van der Waals surface area contributed by atoms with E-state index in [1.807, 2.05) is 0 Å². The van der Waals surface area contributed by atoms with Crippen molar-refractivity contribution in [2.24, 2.45) is 0 Å². The minimum Gasteiger partial charge on any atom is -0.543 e. The van der Waals surface area contributed by atoms with Crippen LogP contribution in [0, 0.1) is 0 Å². The molecule has 0 bridgehead atoms. The smallest absolute Gasteiger partial charge is 0.433 e. The summed E-state index contributed by atoms with van der Waals surface area (Å²) < 4.78 is 44.6. The fraction of sp³-hybridized carbons (Fsp3) is 0.263. The summed E-state index contributed by atoms with van der Waals surface area (Å²) in [5, 5.41) is 18.5. The number of amides is 1. The van der Waals surface area contributed by atoms with E-state index in [4.69, 9.17) is 4.74 Å². The number of carbonyl (C=O) groups is 2. The van der Waals surface area contributed by atoms with E-state index >= 15 is 0 Å². The van der Waals surface area contributed by atoms with Gasteiger partial charge in [-0.1, -0.05) is 6.07 Å². The fourth-order valence-corrected chi connectivity index (χ4v) is 2.86. The summed E-state index contributed by atoms with van der Waals surface area (Å²) in [5.41, 5.74) is -1.26. The summed E-state index contributed by atoms with van der Waals surface area (Å²) in [6.45, 7) is 0.690. The van der Waals surface area contributed by atoms with Crippen LogP contribution >= 0.6 is 0 Å². The monoisotopic (exact) mass is 421 g/mol. The maximum atomic E-state index is 12.8. The highest BCUT2D eigenvalue weighted by molar-refractivity contribution is 6.06. The number of carboxylic acids is 1. The van der Waals surface area contributed by atoms with Crippen LogP contribution in [0.15, 0.2) is 36.4 Å². The van der Waals surface area contributed by atoms with Crippen LogP contribution in [0.2, 0.25) is 0 Å². The van der Waals surface area contributed by atoms with Gasteiger partial charge in [-0.05, 0) is 36.8 Å². The number of halogens is 3. The molecule has 3 rings (SSSR count). The summed E-state index contributed by atoms with van der Waals surface area (Å²) >= 11 is 0. The number of pyridine rings is 1. The summed E-state index contributed by atoms with van der Waals surface area (Å²) in [5.74, 6) is -2.32. The van der Waals surface area contributed by atoms with Crippen LogP contribution in [0.1, 0.15) is 33.1 Å². The van der Waals surface area contributed by atoms with E-state index in [2.05, 4.69) is 15.4 Å². The quantitative estimate of drug-likeness (QED) is 0.585. The Labute approximate surface area is 168 Å². The number of nitrogens with zero attached hydrogens (tertiary/aromatic N) is 3. The molecule has 2 heterocycles. The van der Waals surface area contributed by atoms with Crippen LogP contribution in [0.3, 0.4) is 0 Å². The molecule has 8 nitrogen and oxygen atoms in total. The van der Waals surface area contributed by atoms with Crippen LogP contribution in [-0.2, 0) is 17.5 Å². The van der Waals surface area contributed by atoms with Gasteiger partial charge in [-0.15, -0.1) is 0 Å². The van der Waals surface area contributed by atoms with Gasteiger partial charge >= 0.3 is 6.18 Å². The summed E-state index contributed by atoms with van der Waals surface area (Å²) in [4.78, 5) is 27.3. The molecule has 1 N–H and O–H groups in total. The molecule has 3 aromatic rings. The van der Waals surface area contributed by atoms with Gasteiger partial charge in [0.15, 0.2) is 0 Å². The summed E-state index contributed by atoms with van der Waals surface area (Å²) in [6.07, 6.45) is -4.16. The number of ether oxygens (including phenoxy) is 1. The molecule has 0 spiro atoms. The van der Waals surface area contributed by atoms with E-state index in [0.717, 1.165) is 18.2 Å². The van der Waals surface area contributed by atoms with Crippen molar-refractivity contribution in [1.29, 1.82) is 0 Å². The summed E-state index contributed by atoms with van der Waals surface area (Å²) in [7, 11) is 1.52. The molecule has 0 unspecified atom stereocenters. The molecule has 0 aliphatic carbocycles. The average molecular weight is 421 g/mol. The molecule has 0 aliphatic heterocycles. The molecule has 11 heteroatoms. The first kappa shape index (κ1) is 21.2. The normalized spacial score (nSPS) is 11.6. The maximum Gasteiger partial charge on any atom is 0.433 e. The highest BCUT2D eigenvalue weighted by atomic mass is 19.4. The van der Waals surface area contributed by atoms with Crippen LogP contribution in [0.4, 0.5) is 18.9 Å². The minimum absolute atomic E-state index is 0.172. The molecule has 2 aromatic heterocycles.